The Kier molecular flexibility index (Phi) is 9.02. The molecule has 0 saturated heterocycles. The molecule has 0 saturated carbocycles. The molecule has 8 heteroatoms. The Bertz CT molecular complexity index is 574. The van der Waals surface area contributed by atoms with E-state index in [4.69, 9.17) is 4.74 Å². The Morgan fingerprint density at radius 1 is 1.04 bits per heavy atom. The average Bonchev–Trinajstić information content (AvgIpc) is 2.59. The summed E-state index contributed by atoms with van der Waals surface area (Å²) in [6.45, 7) is 4.53. The van der Waals surface area contributed by atoms with Gasteiger partial charge in [-0.15, -0.1) is 0 Å². The SMILES string of the molecule is CCOC(=O)NC(=O)CN(CC)CC(=O)NCc1ccc(OC)cc1. The molecule has 0 aliphatic rings. The van der Waals surface area contributed by atoms with Crippen LogP contribution in [0.25, 0.3) is 0 Å². The number of rotatable bonds is 9. The Hall–Kier alpha value is -2.61. The van der Waals surface area contributed by atoms with Gasteiger partial charge < -0.3 is 14.8 Å². The molecular formula is C17H25N3O5. The molecule has 0 bridgehead atoms. The van der Waals surface area contributed by atoms with E-state index in [1.807, 2.05) is 31.2 Å². The maximum atomic E-state index is 12.0. The van der Waals surface area contributed by atoms with Gasteiger partial charge in [-0.25, -0.2) is 4.79 Å². The van der Waals surface area contributed by atoms with Crippen molar-refractivity contribution < 1.29 is 23.9 Å². The summed E-state index contributed by atoms with van der Waals surface area (Å²) >= 11 is 0. The second kappa shape index (κ2) is 11.0. The van der Waals surface area contributed by atoms with Gasteiger partial charge in [-0.1, -0.05) is 19.1 Å². The molecule has 1 aromatic carbocycles. The molecule has 0 aromatic heterocycles. The van der Waals surface area contributed by atoms with Crippen molar-refractivity contribution in [3.05, 3.63) is 29.8 Å². The fourth-order valence-electron chi connectivity index (χ4n) is 2.01. The number of methoxy groups -OCH3 is 1. The zero-order valence-electron chi connectivity index (χ0n) is 14.8. The van der Waals surface area contributed by atoms with Crippen molar-refractivity contribution in [1.29, 1.82) is 0 Å². The van der Waals surface area contributed by atoms with Crippen LogP contribution in [0, 0.1) is 0 Å². The van der Waals surface area contributed by atoms with Crippen LogP contribution in [0.1, 0.15) is 19.4 Å². The highest BCUT2D eigenvalue weighted by Gasteiger charge is 2.15. The van der Waals surface area contributed by atoms with Gasteiger partial charge in [0.1, 0.15) is 5.75 Å². The third kappa shape index (κ3) is 8.16. The number of carbonyl (C=O) groups is 3. The third-order valence-corrected chi connectivity index (χ3v) is 3.35. The zero-order valence-corrected chi connectivity index (χ0v) is 14.8. The lowest BCUT2D eigenvalue weighted by molar-refractivity contribution is -0.124. The standard InChI is InChI=1S/C17H25N3O5/c1-4-20(12-16(22)19-17(23)25-5-2)11-15(21)18-10-13-6-8-14(24-3)9-7-13/h6-9H,4-5,10-12H2,1-3H3,(H,18,21)(H,19,22,23). The lowest BCUT2D eigenvalue weighted by Crippen LogP contribution is -2.44. The molecule has 138 valence electrons. The molecule has 8 nitrogen and oxygen atoms in total. The molecule has 0 atom stereocenters. The highest BCUT2D eigenvalue weighted by atomic mass is 16.5. The predicted molar refractivity (Wildman–Crippen MR) is 92.1 cm³/mol. The lowest BCUT2D eigenvalue weighted by atomic mass is 10.2. The monoisotopic (exact) mass is 351 g/mol. The summed E-state index contributed by atoms with van der Waals surface area (Å²) in [6.07, 6.45) is -0.785. The summed E-state index contributed by atoms with van der Waals surface area (Å²) in [4.78, 5) is 36.5. The van der Waals surface area contributed by atoms with Crippen molar-refractivity contribution in [1.82, 2.24) is 15.5 Å². The third-order valence-electron chi connectivity index (χ3n) is 3.35. The Balaban J connectivity index is 2.39. The van der Waals surface area contributed by atoms with E-state index in [-0.39, 0.29) is 25.6 Å². The minimum Gasteiger partial charge on any atom is -0.497 e. The van der Waals surface area contributed by atoms with Crippen LogP contribution in [0.15, 0.2) is 24.3 Å². The van der Waals surface area contributed by atoms with Gasteiger partial charge in [0.05, 0.1) is 26.8 Å². The number of carbonyl (C=O) groups excluding carboxylic acids is 3. The molecular weight excluding hydrogens is 326 g/mol. The van der Waals surface area contributed by atoms with Crippen molar-refractivity contribution in [2.45, 2.75) is 20.4 Å². The van der Waals surface area contributed by atoms with Crippen LogP contribution in [0.4, 0.5) is 4.79 Å². The van der Waals surface area contributed by atoms with Gasteiger partial charge in [0.25, 0.3) is 0 Å². The quantitative estimate of drug-likeness (QED) is 0.686. The maximum absolute atomic E-state index is 12.0. The summed E-state index contributed by atoms with van der Waals surface area (Å²) in [5.74, 6) is 0.0321. The topological polar surface area (TPSA) is 97.0 Å². The molecule has 0 spiro atoms. The van der Waals surface area contributed by atoms with Crippen LogP contribution in [-0.4, -0.2) is 56.2 Å². The van der Waals surface area contributed by atoms with Gasteiger partial charge in [0.15, 0.2) is 0 Å². The maximum Gasteiger partial charge on any atom is 0.413 e. The smallest absolute Gasteiger partial charge is 0.413 e. The first-order valence-electron chi connectivity index (χ1n) is 8.07. The molecule has 0 fully saturated rings. The highest BCUT2D eigenvalue weighted by molar-refractivity contribution is 5.93. The van der Waals surface area contributed by atoms with Crippen LogP contribution in [0.2, 0.25) is 0 Å². The number of amides is 3. The normalized spacial score (nSPS) is 10.2. The van der Waals surface area contributed by atoms with Crippen LogP contribution < -0.4 is 15.4 Å². The Morgan fingerprint density at radius 3 is 2.24 bits per heavy atom. The number of imide groups is 1. The molecule has 1 aromatic rings. The molecule has 0 heterocycles. The minimum absolute atomic E-state index is 0.0584. The van der Waals surface area contributed by atoms with E-state index in [9.17, 15) is 14.4 Å². The second-order valence-electron chi connectivity index (χ2n) is 5.20. The summed E-state index contributed by atoms with van der Waals surface area (Å²) in [6, 6.07) is 7.37. The predicted octanol–water partition coefficient (Wildman–Crippen LogP) is 0.906. The van der Waals surface area contributed by atoms with Crippen LogP contribution in [0.3, 0.4) is 0 Å². The molecule has 3 amide bonds. The number of hydrogen-bond acceptors (Lipinski definition) is 6. The van der Waals surface area contributed by atoms with E-state index < -0.39 is 12.0 Å². The number of ether oxygens (including phenoxy) is 2. The number of alkyl carbamates (subject to hydrolysis) is 1. The number of benzene rings is 1. The van der Waals surface area contributed by atoms with Crippen molar-refractivity contribution in [3.8, 4) is 5.75 Å². The molecule has 0 aliphatic carbocycles. The van der Waals surface area contributed by atoms with Crippen LogP contribution >= 0.6 is 0 Å². The highest BCUT2D eigenvalue weighted by Crippen LogP contribution is 2.10. The number of likely N-dealkylation sites (N-methyl/N-ethyl adjacent to an activating group) is 1. The van der Waals surface area contributed by atoms with Gasteiger partial charge in [0.2, 0.25) is 11.8 Å². The first-order chi connectivity index (χ1) is 12.0. The van der Waals surface area contributed by atoms with Gasteiger partial charge >= 0.3 is 6.09 Å². The second-order valence-corrected chi connectivity index (χ2v) is 5.20. The van der Waals surface area contributed by atoms with E-state index in [1.54, 1.807) is 18.9 Å². The lowest BCUT2D eigenvalue weighted by Gasteiger charge is -2.19. The summed E-state index contributed by atoms with van der Waals surface area (Å²) < 4.78 is 9.71. The van der Waals surface area contributed by atoms with Crippen molar-refractivity contribution in [2.24, 2.45) is 0 Å². The van der Waals surface area contributed by atoms with Gasteiger partial charge in [-0.05, 0) is 31.2 Å². The van der Waals surface area contributed by atoms with E-state index >= 15 is 0 Å². The fraction of sp³-hybridized carbons (Fsp3) is 0.471. The molecule has 25 heavy (non-hydrogen) atoms. The van der Waals surface area contributed by atoms with Gasteiger partial charge in [-0.3, -0.25) is 19.8 Å². The van der Waals surface area contributed by atoms with Crippen molar-refractivity contribution >= 4 is 17.9 Å². The van der Waals surface area contributed by atoms with E-state index in [1.165, 1.54) is 0 Å². The fourth-order valence-corrected chi connectivity index (χ4v) is 2.01. The summed E-state index contributed by atoms with van der Waals surface area (Å²) in [5.41, 5.74) is 0.942. The Labute approximate surface area is 147 Å². The summed E-state index contributed by atoms with van der Waals surface area (Å²) in [5, 5.41) is 4.89. The van der Waals surface area contributed by atoms with Gasteiger partial charge in [-0.2, -0.15) is 0 Å². The molecule has 0 unspecified atom stereocenters. The van der Waals surface area contributed by atoms with Crippen molar-refractivity contribution in [2.75, 3.05) is 33.4 Å². The zero-order chi connectivity index (χ0) is 18.7. The van der Waals surface area contributed by atoms with Gasteiger partial charge in [0, 0.05) is 6.54 Å². The van der Waals surface area contributed by atoms with Crippen LogP contribution in [-0.2, 0) is 20.9 Å². The van der Waals surface area contributed by atoms with E-state index in [0.717, 1.165) is 11.3 Å². The van der Waals surface area contributed by atoms with Crippen molar-refractivity contribution in [3.63, 3.8) is 0 Å². The van der Waals surface area contributed by atoms with E-state index in [0.29, 0.717) is 13.1 Å². The molecule has 0 aliphatic heterocycles. The van der Waals surface area contributed by atoms with Crippen LogP contribution in [0.5, 0.6) is 5.75 Å². The number of hydrogen-bond donors (Lipinski definition) is 2. The number of nitrogens with one attached hydrogen (secondary N) is 2. The molecule has 1 rings (SSSR count). The first-order valence-corrected chi connectivity index (χ1v) is 8.07. The van der Waals surface area contributed by atoms with E-state index in [2.05, 4.69) is 15.4 Å². The minimum atomic E-state index is -0.785. The number of nitrogens with zero attached hydrogens (tertiary/aromatic N) is 1. The molecule has 2 N–H and O–H groups in total. The first kappa shape index (κ1) is 20.4. The Morgan fingerprint density at radius 2 is 1.68 bits per heavy atom. The summed E-state index contributed by atoms with van der Waals surface area (Å²) in [7, 11) is 1.59. The largest absolute Gasteiger partial charge is 0.497 e. The average molecular weight is 351 g/mol. The molecule has 0 radical (unpaired) electrons.